The van der Waals surface area contributed by atoms with Crippen molar-refractivity contribution in [2.75, 3.05) is 13.1 Å². The van der Waals surface area contributed by atoms with Gasteiger partial charge in [0.1, 0.15) is 25.3 Å². The lowest BCUT2D eigenvalue weighted by molar-refractivity contribution is -0.134. The molecular weight excluding hydrogens is 285 g/mol. The number of Topliss-reactive ketones (excluding diaryl/α,β-unsaturated/α-hetero) is 2. The zero-order valence-corrected chi connectivity index (χ0v) is 14.0. The number of carbonyl (C=O) groups is 2. The van der Waals surface area contributed by atoms with Crippen LogP contribution in [0.2, 0.25) is 0 Å². The minimum Gasteiger partial charge on any atom is -0.317 e. The molecule has 1 aliphatic heterocycles. The lowest BCUT2D eigenvalue weighted by Gasteiger charge is -2.35. The average Bonchev–Trinajstić information content (AvgIpc) is 2.49. The van der Waals surface area contributed by atoms with Gasteiger partial charge in [0, 0.05) is 12.8 Å². The van der Waals surface area contributed by atoms with Crippen molar-refractivity contribution in [1.29, 1.82) is 0 Å². The van der Waals surface area contributed by atoms with Crippen molar-refractivity contribution < 1.29 is 9.59 Å². The molecule has 1 aromatic rings. The Morgan fingerprint density at radius 3 is 2.00 bits per heavy atom. The fourth-order valence-corrected chi connectivity index (χ4v) is 4.44. The fourth-order valence-electron chi connectivity index (χ4n) is 4.44. The Balaban J connectivity index is 1.84. The highest BCUT2D eigenvalue weighted by Gasteiger charge is 2.40. The Kier molecular flexibility index (Phi) is 4.72. The summed E-state index contributed by atoms with van der Waals surface area (Å²) in [6, 6.07) is 3.73. The Bertz CT molecular complexity index is 593. The van der Waals surface area contributed by atoms with E-state index >= 15 is 0 Å². The van der Waals surface area contributed by atoms with Gasteiger partial charge in [-0.05, 0) is 68.3 Å². The lowest BCUT2D eigenvalue weighted by atomic mass is 9.68. The van der Waals surface area contributed by atoms with E-state index in [-0.39, 0.29) is 17.5 Å². The number of ketones is 2. The van der Waals surface area contributed by atoms with E-state index in [1.165, 1.54) is 0 Å². The molecule has 2 aliphatic rings. The van der Waals surface area contributed by atoms with Crippen molar-refractivity contribution in [2.45, 2.75) is 45.4 Å². The molecule has 4 heteroatoms. The summed E-state index contributed by atoms with van der Waals surface area (Å²) >= 11 is 0. The van der Waals surface area contributed by atoms with Gasteiger partial charge < -0.3 is 5.32 Å². The number of nitrogens with one attached hydrogen (secondary N) is 1. The third-order valence-corrected chi connectivity index (χ3v) is 5.53. The first kappa shape index (κ1) is 16.4. The number of aryl methyl sites for hydroxylation is 2. The van der Waals surface area contributed by atoms with Crippen molar-refractivity contribution in [3.05, 3.63) is 28.8 Å². The third kappa shape index (κ3) is 3.28. The van der Waals surface area contributed by atoms with Gasteiger partial charge in [-0.2, -0.15) is 0 Å². The summed E-state index contributed by atoms with van der Waals surface area (Å²) in [6.45, 7) is 5.89. The maximum atomic E-state index is 12.8. The van der Waals surface area contributed by atoms with E-state index < -0.39 is 5.92 Å². The second-order valence-corrected chi connectivity index (χ2v) is 7.19. The van der Waals surface area contributed by atoms with Crippen LogP contribution < -0.4 is 10.8 Å². The number of rotatable bonds is 2. The minimum absolute atomic E-state index is 0.0979. The minimum atomic E-state index is -0.575. The highest BCUT2D eigenvalue weighted by molar-refractivity contribution is 6.32. The first-order chi connectivity index (χ1) is 11.0. The summed E-state index contributed by atoms with van der Waals surface area (Å²) in [7, 11) is 5.87. The van der Waals surface area contributed by atoms with Crippen LogP contribution in [-0.4, -0.2) is 32.5 Å². The molecule has 2 fully saturated rings. The molecule has 2 radical (unpaired) electrons. The van der Waals surface area contributed by atoms with Crippen LogP contribution in [-0.2, 0) is 9.59 Å². The van der Waals surface area contributed by atoms with Gasteiger partial charge in [-0.25, -0.2) is 0 Å². The van der Waals surface area contributed by atoms with Crippen LogP contribution in [0.1, 0.15) is 48.3 Å². The summed E-state index contributed by atoms with van der Waals surface area (Å²) in [5, 5.41) is 3.35. The molecule has 0 amide bonds. The van der Waals surface area contributed by atoms with E-state index in [2.05, 4.69) is 5.32 Å². The van der Waals surface area contributed by atoms with Crippen LogP contribution in [0.5, 0.6) is 0 Å². The van der Waals surface area contributed by atoms with Gasteiger partial charge in [0.2, 0.25) is 0 Å². The molecule has 0 unspecified atom stereocenters. The monoisotopic (exact) mass is 309 g/mol. The smallest absolute Gasteiger partial charge is 0.148 e. The van der Waals surface area contributed by atoms with Crippen molar-refractivity contribution in [3.8, 4) is 0 Å². The van der Waals surface area contributed by atoms with Gasteiger partial charge in [0.15, 0.2) is 0 Å². The third-order valence-electron chi connectivity index (χ3n) is 5.53. The number of hydrogen-bond donors (Lipinski definition) is 1. The molecule has 120 valence electrons. The molecule has 1 saturated carbocycles. The molecule has 1 heterocycles. The highest BCUT2D eigenvalue weighted by atomic mass is 16.2. The normalized spacial score (nSPS) is 26.5. The Morgan fingerprint density at radius 2 is 1.48 bits per heavy atom. The summed E-state index contributed by atoms with van der Waals surface area (Å²) in [5.41, 5.74) is 3.48. The van der Waals surface area contributed by atoms with E-state index in [1.54, 1.807) is 0 Å². The Labute approximate surface area is 139 Å². The van der Waals surface area contributed by atoms with Crippen molar-refractivity contribution >= 4 is 24.9 Å². The standard InChI is InChI=1S/C19H24BNO2/c1-11-7-15(20)8-12(2)18(11)19-16(22)9-14(10-17(19)23)13-3-5-21-6-4-13/h7-8,13-14,19,21H,3-6,9-10H2,1-2H3. The first-order valence-electron chi connectivity index (χ1n) is 8.60. The van der Waals surface area contributed by atoms with Crippen LogP contribution in [0.15, 0.2) is 12.1 Å². The molecule has 3 nitrogen and oxygen atoms in total. The predicted molar refractivity (Wildman–Crippen MR) is 92.4 cm³/mol. The molecule has 1 aliphatic carbocycles. The fraction of sp³-hybridized carbons (Fsp3) is 0.579. The van der Waals surface area contributed by atoms with E-state index in [0.717, 1.165) is 42.6 Å². The molecule has 0 atom stereocenters. The van der Waals surface area contributed by atoms with Gasteiger partial charge in [-0.3, -0.25) is 9.59 Å². The molecular formula is C19H24BNO2. The van der Waals surface area contributed by atoms with E-state index in [9.17, 15) is 9.59 Å². The Morgan fingerprint density at radius 1 is 0.957 bits per heavy atom. The Hall–Kier alpha value is -1.42. The van der Waals surface area contributed by atoms with Gasteiger partial charge in [-0.1, -0.05) is 17.6 Å². The zero-order valence-electron chi connectivity index (χ0n) is 14.0. The highest BCUT2D eigenvalue weighted by Crippen LogP contribution is 2.38. The van der Waals surface area contributed by atoms with E-state index in [4.69, 9.17) is 7.85 Å². The molecule has 1 saturated heterocycles. The van der Waals surface area contributed by atoms with Crippen molar-refractivity contribution in [1.82, 2.24) is 5.32 Å². The first-order valence-corrected chi connectivity index (χ1v) is 8.60. The van der Waals surface area contributed by atoms with Crippen molar-refractivity contribution in [2.24, 2.45) is 11.8 Å². The second kappa shape index (κ2) is 6.60. The van der Waals surface area contributed by atoms with E-state index in [0.29, 0.717) is 24.2 Å². The summed E-state index contributed by atoms with van der Waals surface area (Å²) in [5.74, 6) is 0.372. The number of benzene rings is 1. The van der Waals surface area contributed by atoms with Crippen LogP contribution in [0.3, 0.4) is 0 Å². The predicted octanol–water partition coefficient (Wildman–Crippen LogP) is 1.73. The average molecular weight is 309 g/mol. The van der Waals surface area contributed by atoms with Crippen LogP contribution in [0.4, 0.5) is 0 Å². The van der Waals surface area contributed by atoms with Crippen molar-refractivity contribution in [3.63, 3.8) is 0 Å². The SMILES string of the molecule is [B]c1cc(C)c(C2C(=O)CC(C3CCNCC3)CC2=O)c(C)c1. The lowest BCUT2D eigenvalue weighted by Crippen LogP contribution is -2.39. The molecule has 1 aromatic carbocycles. The van der Waals surface area contributed by atoms with Crippen LogP contribution in [0, 0.1) is 25.7 Å². The van der Waals surface area contributed by atoms with Gasteiger partial charge in [0.25, 0.3) is 0 Å². The molecule has 0 bridgehead atoms. The largest absolute Gasteiger partial charge is 0.317 e. The summed E-state index contributed by atoms with van der Waals surface area (Å²) in [4.78, 5) is 25.6. The van der Waals surface area contributed by atoms with Gasteiger partial charge >= 0.3 is 0 Å². The number of piperidine rings is 1. The molecule has 0 spiro atoms. The second-order valence-electron chi connectivity index (χ2n) is 7.19. The van der Waals surface area contributed by atoms with Gasteiger partial charge in [-0.15, -0.1) is 0 Å². The number of carbonyl (C=O) groups excluding carboxylic acids is 2. The molecule has 3 rings (SSSR count). The van der Waals surface area contributed by atoms with Gasteiger partial charge in [0.05, 0.1) is 0 Å². The summed E-state index contributed by atoms with van der Waals surface area (Å²) < 4.78 is 0. The number of hydrogen-bond acceptors (Lipinski definition) is 3. The van der Waals surface area contributed by atoms with E-state index in [1.807, 2.05) is 26.0 Å². The summed E-state index contributed by atoms with van der Waals surface area (Å²) in [6.07, 6.45) is 3.25. The topological polar surface area (TPSA) is 46.2 Å². The van der Waals surface area contributed by atoms with Crippen LogP contribution in [0.25, 0.3) is 0 Å². The van der Waals surface area contributed by atoms with Crippen LogP contribution >= 0.6 is 0 Å². The zero-order chi connectivity index (χ0) is 16.6. The molecule has 0 aromatic heterocycles. The molecule has 23 heavy (non-hydrogen) atoms. The quantitative estimate of drug-likeness (QED) is 0.668. The maximum Gasteiger partial charge on any atom is 0.148 e. The molecule has 1 N–H and O–H groups in total. The maximum absolute atomic E-state index is 12.8.